The Morgan fingerprint density at radius 3 is 2.22 bits per heavy atom. The van der Waals surface area contributed by atoms with E-state index in [2.05, 4.69) is 64.0 Å². The average molecular weight is 263 g/mol. The van der Waals surface area contributed by atoms with Crippen LogP contribution < -0.4 is 5.30 Å². The lowest BCUT2D eigenvalue weighted by Gasteiger charge is -2.29. The van der Waals surface area contributed by atoms with Crippen molar-refractivity contribution in [1.82, 2.24) is 4.90 Å². The Kier molecular flexibility index (Phi) is 4.45. The summed E-state index contributed by atoms with van der Waals surface area (Å²) in [7, 11) is 4.39. The molecule has 0 aromatic heterocycles. The first kappa shape index (κ1) is 14.0. The van der Waals surface area contributed by atoms with E-state index in [1.54, 1.807) is 10.9 Å². The first-order valence-corrected chi connectivity index (χ1v) is 8.54. The number of nitrogens with zero attached hydrogens (tertiary/aromatic N) is 1. The van der Waals surface area contributed by atoms with Gasteiger partial charge in [-0.05, 0) is 56.0 Å². The minimum Gasteiger partial charge on any atom is -0.303 e. The van der Waals surface area contributed by atoms with Crippen molar-refractivity contribution < 1.29 is 0 Å². The number of benzene rings is 1. The summed E-state index contributed by atoms with van der Waals surface area (Å²) in [6, 6.07) is 9.66. The molecule has 1 fully saturated rings. The molecule has 1 nitrogen and oxygen atoms in total. The van der Waals surface area contributed by atoms with Gasteiger partial charge in [-0.1, -0.05) is 46.0 Å². The fourth-order valence-corrected chi connectivity index (χ4v) is 6.51. The summed E-state index contributed by atoms with van der Waals surface area (Å²) in [4.78, 5) is 2.32. The standard InChI is InChI=1S/C16H26NP/c1-12-10-11-13(2)18(12)16-9-7-6-8-15(16)14(3)17(4)5/h6-9,12-14H,10-11H2,1-5H3/t12-,13-,14-/m1/s1. The Morgan fingerprint density at radius 2 is 1.67 bits per heavy atom. The molecule has 0 saturated carbocycles. The fraction of sp³-hybridized carbons (Fsp3) is 0.625. The molecule has 0 spiro atoms. The van der Waals surface area contributed by atoms with Crippen LogP contribution in [0.1, 0.15) is 45.2 Å². The van der Waals surface area contributed by atoms with E-state index in [0.29, 0.717) is 6.04 Å². The largest absolute Gasteiger partial charge is 0.303 e. The van der Waals surface area contributed by atoms with Crippen molar-refractivity contribution in [3.8, 4) is 0 Å². The lowest BCUT2D eigenvalue weighted by atomic mass is 10.1. The molecule has 1 aromatic carbocycles. The van der Waals surface area contributed by atoms with Gasteiger partial charge in [0.25, 0.3) is 0 Å². The Morgan fingerprint density at radius 1 is 1.11 bits per heavy atom. The quantitative estimate of drug-likeness (QED) is 0.745. The molecule has 1 aromatic rings. The third-order valence-corrected chi connectivity index (χ3v) is 7.77. The third kappa shape index (κ3) is 2.63. The predicted octanol–water partition coefficient (Wildman–Crippen LogP) is 3.99. The smallest absolute Gasteiger partial charge is 0.0320 e. The van der Waals surface area contributed by atoms with Crippen LogP contribution >= 0.6 is 7.92 Å². The van der Waals surface area contributed by atoms with Crippen LogP contribution in [0.25, 0.3) is 0 Å². The van der Waals surface area contributed by atoms with Gasteiger partial charge in [0.15, 0.2) is 0 Å². The zero-order valence-corrected chi connectivity index (χ0v) is 13.2. The Bertz CT molecular complexity index is 392. The molecule has 2 heteroatoms. The van der Waals surface area contributed by atoms with Crippen molar-refractivity contribution >= 4 is 13.2 Å². The van der Waals surface area contributed by atoms with E-state index in [9.17, 15) is 0 Å². The van der Waals surface area contributed by atoms with Crippen molar-refractivity contribution in [3.05, 3.63) is 29.8 Å². The molecule has 2 rings (SSSR count). The molecule has 1 aliphatic rings. The van der Waals surface area contributed by atoms with Crippen LogP contribution in [0.2, 0.25) is 0 Å². The summed E-state index contributed by atoms with van der Waals surface area (Å²) in [5, 5.41) is 1.66. The van der Waals surface area contributed by atoms with Crippen LogP contribution in [0.4, 0.5) is 0 Å². The lowest BCUT2D eigenvalue weighted by molar-refractivity contribution is 0.322. The molecule has 0 radical (unpaired) electrons. The Hall–Kier alpha value is -0.390. The van der Waals surface area contributed by atoms with E-state index < -0.39 is 0 Å². The number of hydrogen-bond donors (Lipinski definition) is 0. The summed E-state index contributed by atoms with van der Waals surface area (Å²) in [5.41, 5.74) is 3.34. The molecule has 3 atom stereocenters. The van der Waals surface area contributed by atoms with Gasteiger partial charge in [0, 0.05) is 6.04 Å². The van der Waals surface area contributed by atoms with E-state index >= 15 is 0 Å². The zero-order valence-electron chi connectivity index (χ0n) is 12.4. The molecular formula is C16H26NP. The van der Waals surface area contributed by atoms with Gasteiger partial charge in [-0.25, -0.2) is 0 Å². The lowest BCUT2D eigenvalue weighted by Crippen LogP contribution is -2.24. The van der Waals surface area contributed by atoms with Crippen LogP contribution in [0.5, 0.6) is 0 Å². The molecule has 0 bridgehead atoms. The van der Waals surface area contributed by atoms with Gasteiger partial charge in [0.1, 0.15) is 0 Å². The van der Waals surface area contributed by atoms with Crippen molar-refractivity contribution in [2.45, 2.75) is 51.0 Å². The van der Waals surface area contributed by atoms with Gasteiger partial charge in [-0.3, -0.25) is 0 Å². The monoisotopic (exact) mass is 263 g/mol. The molecule has 0 N–H and O–H groups in total. The third-order valence-electron chi connectivity index (χ3n) is 4.39. The molecule has 18 heavy (non-hydrogen) atoms. The fourth-order valence-electron chi connectivity index (χ4n) is 3.02. The second-order valence-corrected chi connectivity index (χ2v) is 8.94. The summed E-state index contributed by atoms with van der Waals surface area (Å²) in [6.45, 7) is 7.22. The predicted molar refractivity (Wildman–Crippen MR) is 83.3 cm³/mol. The van der Waals surface area contributed by atoms with Crippen molar-refractivity contribution in [1.29, 1.82) is 0 Å². The minimum atomic E-state index is 0.0327. The molecule has 1 heterocycles. The average Bonchev–Trinajstić information content (AvgIpc) is 2.68. The zero-order chi connectivity index (χ0) is 13.3. The Labute approximate surface area is 113 Å². The van der Waals surface area contributed by atoms with E-state index in [1.165, 1.54) is 12.8 Å². The maximum Gasteiger partial charge on any atom is 0.0320 e. The van der Waals surface area contributed by atoms with Gasteiger partial charge in [0.05, 0.1) is 0 Å². The molecule has 0 unspecified atom stereocenters. The van der Waals surface area contributed by atoms with Crippen LogP contribution in [-0.2, 0) is 0 Å². The number of hydrogen-bond acceptors (Lipinski definition) is 1. The molecular weight excluding hydrogens is 237 g/mol. The van der Waals surface area contributed by atoms with Gasteiger partial charge < -0.3 is 4.90 Å². The van der Waals surface area contributed by atoms with E-state index in [4.69, 9.17) is 0 Å². The summed E-state index contributed by atoms with van der Waals surface area (Å²) in [5.74, 6) is 0. The molecule has 0 aliphatic carbocycles. The highest BCUT2D eigenvalue weighted by Gasteiger charge is 2.32. The summed E-state index contributed by atoms with van der Waals surface area (Å²) in [6.07, 6.45) is 2.83. The SMILES string of the molecule is C[C@H](c1ccccc1P1[C@H](C)CC[C@H]1C)N(C)C. The highest BCUT2D eigenvalue weighted by Crippen LogP contribution is 2.55. The van der Waals surface area contributed by atoms with Crippen molar-refractivity contribution in [2.24, 2.45) is 0 Å². The second kappa shape index (κ2) is 5.72. The molecule has 1 aliphatic heterocycles. The van der Waals surface area contributed by atoms with Crippen LogP contribution in [0, 0.1) is 0 Å². The number of rotatable bonds is 3. The first-order valence-electron chi connectivity index (χ1n) is 7.06. The molecule has 1 saturated heterocycles. The first-order chi connectivity index (χ1) is 8.52. The normalized spacial score (nSPS) is 26.8. The van der Waals surface area contributed by atoms with E-state index in [1.807, 2.05) is 0 Å². The minimum absolute atomic E-state index is 0.0327. The highest BCUT2D eigenvalue weighted by molar-refractivity contribution is 7.67. The molecule has 0 amide bonds. The maximum absolute atomic E-state index is 2.45. The Balaban J connectivity index is 2.38. The van der Waals surface area contributed by atoms with Gasteiger partial charge in [0.2, 0.25) is 0 Å². The van der Waals surface area contributed by atoms with Gasteiger partial charge >= 0.3 is 0 Å². The van der Waals surface area contributed by atoms with Crippen molar-refractivity contribution in [3.63, 3.8) is 0 Å². The van der Waals surface area contributed by atoms with Crippen LogP contribution in [0.3, 0.4) is 0 Å². The summed E-state index contributed by atoms with van der Waals surface area (Å²) < 4.78 is 0. The highest BCUT2D eigenvalue weighted by atomic mass is 31.1. The van der Waals surface area contributed by atoms with Crippen LogP contribution in [-0.4, -0.2) is 30.3 Å². The van der Waals surface area contributed by atoms with E-state index in [0.717, 1.165) is 11.3 Å². The van der Waals surface area contributed by atoms with Crippen molar-refractivity contribution in [2.75, 3.05) is 14.1 Å². The van der Waals surface area contributed by atoms with Crippen LogP contribution in [0.15, 0.2) is 24.3 Å². The maximum atomic E-state index is 2.45. The molecule has 100 valence electrons. The summed E-state index contributed by atoms with van der Waals surface area (Å²) >= 11 is 0. The van der Waals surface area contributed by atoms with Gasteiger partial charge in [-0.15, -0.1) is 0 Å². The van der Waals surface area contributed by atoms with Gasteiger partial charge in [-0.2, -0.15) is 0 Å². The van der Waals surface area contributed by atoms with E-state index in [-0.39, 0.29) is 7.92 Å². The second-order valence-electron chi connectivity index (χ2n) is 5.88. The topological polar surface area (TPSA) is 3.24 Å².